The van der Waals surface area contributed by atoms with Crippen molar-refractivity contribution in [3.05, 3.63) is 83.7 Å². The normalized spacial score (nSPS) is 17.8. The van der Waals surface area contributed by atoms with E-state index in [0.29, 0.717) is 19.5 Å². The van der Waals surface area contributed by atoms with Crippen LogP contribution in [0.25, 0.3) is 0 Å². The first kappa shape index (κ1) is 22.6. The quantitative estimate of drug-likeness (QED) is 0.544. The molecule has 1 aromatic heterocycles. The van der Waals surface area contributed by atoms with Crippen LogP contribution in [0.15, 0.2) is 66.9 Å². The van der Waals surface area contributed by atoms with Crippen molar-refractivity contribution >= 4 is 11.8 Å². The molecule has 2 heterocycles. The van der Waals surface area contributed by atoms with Crippen molar-refractivity contribution in [1.29, 1.82) is 0 Å². The predicted octanol–water partition coefficient (Wildman–Crippen LogP) is 3.17. The molecule has 2 atom stereocenters. The second kappa shape index (κ2) is 10.8. The van der Waals surface area contributed by atoms with Gasteiger partial charge in [-0.3, -0.25) is 9.59 Å². The molecule has 33 heavy (non-hydrogen) atoms. The lowest BCUT2D eigenvalue weighted by atomic mass is 10.1. The first-order valence-electron chi connectivity index (χ1n) is 11.3. The minimum atomic E-state index is -1.05. The van der Waals surface area contributed by atoms with Crippen LogP contribution in [0.2, 0.25) is 0 Å². The molecule has 8 heteroatoms. The predicted molar refractivity (Wildman–Crippen MR) is 122 cm³/mol. The third kappa shape index (κ3) is 6.25. The van der Waals surface area contributed by atoms with Crippen molar-refractivity contribution in [2.45, 2.75) is 51.0 Å². The molecule has 172 valence electrons. The monoisotopic (exact) mass is 449 g/mol. The SMILES string of the molecule is O=C(NCc1ccccc1)c1cn(C[C@@H]2C[C@H](F)CN2C(=O)CCCc2ccccc2)nn1. The first-order chi connectivity index (χ1) is 16.1. The molecule has 0 aliphatic carbocycles. The molecular formula is C25H28FN5O2. The number of benzene rings is 2. The number of carbonyl (C=O) groups excluding carboxylic acids is 2. The largest absolute Gasteiger partial charge is 0.347 e. The molecule has 3 aromatic rings. The van der Waals surface area contributed by atoms with Gasteiger partial charge in [-0.05, 0) is 24.0 Å². The highest BCUT2D eigenvalue weighted by Gasteiger charge is 2.35. The Kier molecular flexibility index (Phi) is 7.44. The Bertz CT molecular complexity index is 1060. The van der Waals surface area contributed by atoms with Gasteiger partial charge in [-0.1, -0.05) is 65.9 Å². The molecule has 1 aliphatic rings. The number of aromatic nitrogens is 3. The fourth-order valence-corrected chi connectivity index (χ4v) is 4.15. The summed E-state index contributed by atoms with van der Waals surface area (Å²) in [6.45, 7) is 0.807. The van der Waals surface area contributed by atoms with Gasteiger partial charge in [0.1, 0.15) is 6.17 Å². The van der Waals surface area contributed by atoms with E-state index in [1.165, 1.54) is 10.2 Å². The lowest BCUT2D eigenvalue weighted by Gasteiger charge is -2.24. The van der Waals surface area contributed by atoms with Gasteiger partial charge in [-0.25, -0.2) is 9.07 Å². The van der Waals surface area contributed by atoms with Gasteiger partial charge < -0.3 is 10.2 Å². The Labute approximate surface area is 192 Å². The standard InChI is InChI=1S/C25H28FN5O2/c26-21-14-22(31(16-21)24(32)13-7-12-19-8-3-1-4-9-19)17-30-18-23(28-29-30)25(33)27-15-20-10-5-2-6-11-20/h1-6,8-11,18,21-22H,7,12-17H2,(H,27,33)/t21-,22-/m0/s1. The number of nitrogens with zero attached hydrogens (tertiary/aromatic N) is 4. The zero-order valence-corrected chi connectivity index (χ0v) is 18.4. The highest BCUT2D eigenvalue weighted by Crippen LogP contribution is 2.23. The number of hydrogen-bond acceptors (Lipinski definition) is 4. The molecule has 0 radical (unpaired) electrons. The highest BCUT2D eigenvalue weighted by atomic mass is 19.1. The van der Waals surface area contributed by atoms with Gasteiger partial charge in [-0.15, -0.1) is 5.10 Å². The van der Waals surface area contributed by atoms with Crippen LogP contribution >= 0.6 is 0 Å². The summed E-state index contributed by atoms with van der Waals surface area (Å²) < 4.78 is 15.7. The summed E-state index contributed by atoms with van der Waals surface area (Å²) in [6, 6.07) is 19.3. The zero-order chi connectivity index (χ0) is 23.0. The van der Waals surface area contributed by atoms with Gasteiger partial charge in [0.15, 0.2) is 5.69 Å². The van der Waals surface area contributed by atoms with Gasteiger partial charge in [0.2, 0.25) is 5.91 Å². The number of rotatable bonds is 9. The van der Waals surface area contributed by atoms with Crippen molar-refractivity contribution in [1.82, 2.24) is 25.2 Å². The molecule has 7 nitrogen and oxygen atoms in total. The molecule has 1 aliphatic heterocycles. The van der Waals surface area contributed by atoms with Crippen LogP contribution in [0.5, 0.6) is 0 Å². The van der Waals surface area contributed by atoms with Crippen molar-refractivity contribution in [2.75, 3.05) is 6.54 Å². The summed E-state index contributed by atoms with van der Waals surface area (Å²) in [5.41, 5.74) is 2.37. The fourth-order valence-electron chi connectivity index (χ4n) is 4.15. The molecule has 1 saturated heterocycles. The summed E-state index contributed by atoms with van der Waals surface area (Å²) in [5, 5.41) is 10.8. The third-order valence-corrected chi connectivity index (χ3v) is 5.85. The maximum Gasteiger partial charge on any atom is 0.273 e. The number of halogens is 1. The molecule has 0 unspecified atom stereocenters. The number of amides is 2. The molecule has 2 aromatic carbocycles. The van der Waals surface area contributed by atoms with E-state index in [0.717, 1.165) is 18.4 Å². The van der Waals surface area contributed by atoms with Crippen molar-refractivity contribution in [2.24, 2.45) is 0 Å². The van der Waals surface area contributed by atoms with Crippen LogP contribution in [0.4, 0.5) is 4.39 Å². The van der Waals surface area contributed by atoms with E-state index in [1.807, 2.05) is 60.7 Å². The summed E-state index contributed by atoms with van der Waals surface area (Å²) in [4.78, 5) is 26.8. The maximum atomic E-state index is 14.2. The Morgan fingerprint density at radius 3 is 2.45 bits per heavy atom. The van der Waals surface area contributed by atoms with E-state index < -0.39 is 6.17 Å². The van der Waals surface area contributed by atoms with E-state index in [4.69, 9.17) is 0 Å². The van der Waals surface area contributed by atoms with Gasteiger partial charge in [-0.2, -0.15) is 0 Å². The Balaban J connectivity index is 1.29. The van der Waals surface area contributed by atoms with Crippen molar-refractivity contribution < 1.29 is 14.0 Å². The van der Waals surface area contributed by atoms with E-state index in [2.05, 4.69) is 15.6 Å². The summed E-state index contributed by atoms with van der Waals surface area (Å²) in [5.74, 6) is -0.370. The lowest BCUT2D eigenvalue weighted by Crippen LogP contribution is -2.38. The van der Waals surface area contributed by atoms with Crippen LogP contribution in [-0.2, 0) is 24.3 Å². The molecule has 2 amide bonds. The van der Waals surface area contributed by atoms with Crippen molar-refractivity contribution in [3.63, 3.8) is 0 Å². The summed E-state index contributed by atoms with van der Waals surface area (Å²) in [6.07, 6.45) is 2.67. The van der Waals surface area contributed by atoms with Crippen LogP contribution in [0.3, 0.4) is 0 Å². The Hall–Kier alpha value is -3.55. The number of likely N-dealkylation sites (tertiary alicyclic amines) is 1. The molecular weight excluding hydrogens is 421 g/mol. The van der Waals surface area contributed by atoms with Crippen LogP contribution in [-0.4, -0.2) is 50.5 Å². The van der Waals surface area contributed by atoms with Crippen LogP contribution < -0.4 is 5.32 Å². The number of carbonyl (C=O) groups is 2. The first-order valence-corrected chi connectivity index (χ1v) is 11.3. The van der Waals surface area contributed by atoms with E-state index in [-0.39, 0.29) is 36.5 Å². The van der Waals surface area contributed by atoms with E-state index >= 15 is 0 Å². The van der Waals surface area contributed by atoms with Gasteiger partial charge in [0.25, 0.3) is 5.91 Å². The van der Waals surface area contributed by atoms with Gasteiger partial charge >= 0.3 is 0 Å². The summed E-state index contributed by atoms with van der Waals surface area (Å²) in [7, 11) is 0. The topological polar surface area (TPSA) is 80.1 Å². The average molecular weight is 450 g/mol. The smallest absolute Gasteiger partial charge is 0.273 e. The lowest BCUT2D eigenvalue weighted by molar-refractivity contribution is -0.132. The highest BCUT2D eigenvalue weighted by molar-refractivity contribution is 5.91. The number of aryl methyl sites for hydroxylation is 1. The second-order valence-electron chi connectivity index (χ2n) is 8.37. The summed E-state index contributed by atoms with van der Waals surface area (Å²) >= 11 is 0. The minimum Gasteiger partial charge on any atom is -0.347 e. The zero-order valence-electron chi connectivity index (χ0n) is 18.4. The maximum absolute atomic E-state index is 14.2. The number of alkyl halides is 1. The van der Waals surface area contributed by atoms with Crippen molar-refractivity contribution in [3.8, 4) is 0 Å². The Morgan fingerprint density at radius 2 is 1.73 bits per heavy atom. The second-order valence-corrected chi connectivity index (χ2v) is 8.37. The minimum absolute atomic E-state index is 0.0444. The van der Waals surface area contributed by atoms with Crippen LogP contribution in [0, 0.1) is 0 Å². The number of hydrogen-bond donors (Lipinski definition) is 1. The average Bonchev–Trinajstić information content (AvgIpc) is 3.45. The van der Waals surface area contributed by atoms with E-state index in [9.17, 15) is 14.0 Å². The molecule has 0 saturated carbocycles. The molecule has 1 fully saturated rings. The molecule has 0 bridgehead atoms. The van der Waals surface area contributed by atoms with Crippen LogP contribution in [0.1, 0.15) is 40.9 Å². The molecule has 0 spiro atoms. The third-order valence-electron chi connectivity index (χ3n) is 5.85. The number of nitrogens with one attached hydrogen (secondary N) is 1. The molecule has 4 rings (SSSR count). The van der Waals surface area contributed by atoms with E-state index in [1.54, 1.807) is 11.1 Å². The van der Waals surface area contributed by atoms with Gasteiger partial charge in [0, 0.05) is 19.4 Å². The Morgan fingerprint density at radius 1 is 1.03 bits per heavy atom. The molecule has 1 N–H and O–H groups in total. The fraction of sp³-hybridized carbons (Fsp3) is 0.360. The van der Waals surface area contributed by atoms with Gasteiger partial charge in [0.05, 0.1) is 25.3 Å².